The molecule has 1 aromatic rings. The maximum absolute atomic E-state index is 3.60. The number of rotatable bonds is 2. The van der Waals surface area contributed by atoms with Crippen molar-refractivity contribution in [3.8, 4) is 0 Å². The van der Waals surface area contributed by atoms with E-state index < -0.39 is 8.07 Å². The van der Waals surface area contributed by atoms with E-state index in [9.17, 15) is 0 Å². The molecule has 0 atom stereocenters. The third-order valence-electron chi connectivity index (χ3n) is 3.21. The molecule has 1 heterocycles. The number of anilines is 1. The van der Waals surface area contributed by atoms with Crippen LogP contribution >= 0.6 is 15.9 Å². The summed E-state index contributed by atoms with van der Waals surface area (Å²) in [5.41, 5.74) is 1.49. The third-order valence-corrected chi connectivity index (χ3v) is 5.72. The summed E-state index contributed by atoms with van der Waals surface area (Å²) in [5, 5.41) is 1.59. The van der Waals surface area contributed by atoms with Gasteiger partial charge in [0.15, 0.2) is 0 Å². The molecule has 88 valence electrons. The first-order valence-corrected chi connectivity index (χ1v) is 10.3. The zero-order valence-electron chi connectivity index (χ0n) is 10.4. The van der Waals surface area contributed by atoms with Gasteiger partial charge in [-0.15, -0.1) is 0 Å². The smallest absolute Gasteiger partial charge is 0.0803 e. The van der Waals surface area contributed by atoms with Gasteiger partial charge in [-0.2, -0.15) is 0 Å². The Hall–Kier alpha value is -0.283. The van der Waals surface area contributed by atoms with Gasteiger partial charge >= 0.3 is 0 Å². The lowest BCUT2D eigenvalue weighted by Crippen LogP contribution is -2.41. The van der Waals surface area contributed by atoms with Crippen molar-refractivity contribution in [2.45, 2.75) is 32.5 Å². The van der Waals surface area contributed by atoms with E-state index in [-0.39, 0.29) is 0 Å². The van der Waals surface area contributed by atoms with Gasteiger partial charge in [0.1, 0.15) is 0 Å². The van der Waals surface area contributed by atoms with Crippen LogP contribution in [0.5, 0.6) is 0 Å². The van der Waals surface area contributed by atoms with Crippen molar-refractivity contribution in [1.29, 1.82) is 0 Å². The molecule has 1 aliphatic heterocycles. The molecule has 1 aliphatic rings. The van der Waals surface area contributed by atoms with Gasteiger partial charge < -0.3 is 4.90 Å². The summed E-state index contributed by atoms with van der Waals surface area (Å²) < 4.78 is 1.22. The second-order valence-corrected chi connectivity index (χ2v) is 11.6. The summed E-state index contributed by atoms with van der Waals surface area (Å²) in [5.74, 6) is 0. The standard InChI is InChI=1S/C13H20BrNSi/c1-16(2,3)13-10-11(14)6-7-12(13)15-8-4-5-9-15/h6-7,10H,4-5,8-9H2,1-3H3. The van der Waals surface area contributed by atoms with E-state index in [0.29, 0.717) is 0 Å². The third kappa shape index (κ3) is 2.51. The number of hydrogen-bond acceptors (Lipinski definition) is 1. The molecule has 0 aliphatic carbocycles. The van der Waals surface area contributed by atoms with Crippen LogP contribution in [0.1, 0.15) is 12.8 Å². The van der Waals surface area contributed by atoms with Gasteiger partial charge in [-0.05, 0) is 36.2 Å². The predicted molar refractivity (Wildman–Crippen MR) is 78.6 cm³/mol. The Morgan fingerprint density at radius 1 is 1.12 bits per heavy atom. The van der Waals surface area contributed by atoms with E-state index >= 15 is 0 Å². The maximum atomic E-state index is 3.60. The Morgan fingerprint density at radius 2 is 1.75 bits per heavy atom. The van der Waals surface area contributed by atoms with Crippen molar-refractivity contribution < 1.29 is 0 Å². The van der Waals surface area contributed by atoms with Gasteiger partial charge in [0.05, 0.1) is 8.07 Å². The van der Waals surface area contributed by atoms with Gasteiger partial charge in [0.25, 0.3) is 0 Å². The Kier molecular flexibility index (Phi) is 3.45. The van der Waals surface area contributed by atoms with Crippen LogP contribution in [0.2, 0.25) is 19.6 Å². The zero-order chi connectivity index (χ0) is 11.8. The van der Waals surface area contributed by atoms with Crippen molar-refractivity contribution in [2.24, 2.45) is 0 Å². The summed E-state index contributed by atoms with van der Waals surface area (Å²) in [6.07, 6.45) is 2.70. The summed E-state index contributed by atoms with van der Waals surface area (Å²) in [7, 11) is -1.25. The van der Waals surface area contributed by atoms with Crippen molar-refractivity contribution >= 4 is 34.9 Å². The van der Waals surface area contributed by atoms with Gasteiger partial charge in [0, 0.05) is 23.2 Å². The Morgan fingerprint density at radius 3 is 2.31 bits per heavy atom. The van der Waals surface area contributed by atoms with Crippen molar-refractivity contribution in [1.82, 2.24) is 0 Å². The molecule has 1 saturated heterocycles. The van der Waals surface area contributed by atoms with E-state index in [0.717, 1.165) is 0 Å². The van der Waals surface area contributed by atoms with Gasteiger partial charge in [-0.25, -0.2) is 0 Å². The molecule has 0 amide bonds. The molecule has 0 N–H and O–H groups in total. The molecule has 0 saturated carbocycles. The van der Waals surface area contributed by atoms with Crippen LogP contribution in [0.3, 0.4) is 0 Å². The van der Waals surface area contributed by atoms with E-state index in [4.69, 9.17) is 0 Å². The fraction of sp³-hybridized carbons (Fsp3) is 0.538. The molecule has 1 fully saturated rings. The molecular weight excluding hydrogens is 278 g/mol. The molecule has 2 rings (SSSR count). The van der Waals surface area contributed by atoms with Crippen LogP contribution < -0.4 is 10.1 Å². The van der Waals surface area contributed by atoms with Gasteiger partial charge in [-0.3, -0.25) is 0 Å². The normalized spacial score (nSPS) is 16.9. The van der Waals surface area contributed by atoms with Crippen LogP contribution in [0.25, 0.3) is 0 Å². The monoisotopic (exact) mass is 297 g/mol. The summed E-state index contributed by atoms with van der Waals surface area (Å²) in [6.45, 7) is 9.75. The highest BCUT2D eigenvalue weighted by molar-refractivity contribution is 9.10. The second kappa shape index (κ2) is 4.53. The molecule has 1 nitrogen and oxygen atoms in total. The van der Waals surface area contributed by atoms with Gasteiger partial charge in [0.2, 0.25) is 0 Å². The van der Waals surface area contributed by atoms with Gasteiger partial charge in [-0.1, -0.05) is 35.6 Å². The summed E-state index contributed by atoms with van der Waals surface area (Å²) >= 11 is 3.60. The first kappa shape index (κ1) is 12.2. The lowest BCUT2D eigenvalue weighted by atomic mass is 10.3. The number of hydrogen-bond donors (Lipinski definition) is 0. The summed E-state index contributed by atoms with van der Waals surface area (Å²) in [4.78, 5) is 2.56. The lowest BCUT2D eigenvalue weighted by Gasteiger charge is -2.27. The van der Waals surface area contributed by atoms with Crippen molar-refractivity contribution in [3.63, 3.8) is 0 Å². The van der Waals surface area contributed by atoms with E-state index in [1.165, 1.54) is 36.1 Å². The first-order valence-electron chi connectivity index (χ1n) is 6.03. The number of nitrogens with zero attached hydrogens (tertiary/aromatic N) is 1. The topological polar surface area (TPSA) is 3.24 Å². The van der Waals surface area contributed by atoms with E-state index in [1.54, 1.807) is 5.19 Å². The molecule has 0 aromatic heterocycles. The van der Waals surface area contributed by atoms with Crippen molar-refractivity contribution in [2.75, 3.05) is 18.0 Å². The van der Waals surface area contributed by atoms with Crippen LogP contribution in [0, 0.1) is 0 Å². The first-order chi connectivity index (χ1) is 7.48. The molecule has 0 radical (unpaired) electrons. The van der Waals surface area contributed by atoms with Crippen molar-refractivity contribution in [3.05, 3.63) is 22.7 Å². The van der Waals surface area contributed by atoms with Crippen LogP contribution in [-0.2, 0) is 0 Å². The fourth-order valence-electron chi connectivity index (χ4n) is 2.34. The van der Waals surface area contributed by atoms with E-state index in [2.05, 4.69) is 58.7 Å². The molecular formula is C13H20BrNSi. The van der Waals surface area contributed by atoms with Crippen LogP contribution in [0.15, 0.2) is 22.7 Å². The minimum Gasteiger partial charge on any atom is -0.372 e. The van der Waals surface area contributed by atoms with E-state index in [1.807, 2.05) is 0 Å². The quantitative estimate of drug-likeness (QED) is 0.754. The molecule has 3 heteroatoms. The predicted octanol–water partition coefficient (Wildman–Crippen LogP) is 3.59. The molecule has 0 spiro atoms. The number of halogens is 1. The van der Waals surface area contributed by atoms with Crippen LogP contribution in [-0.4, -0.2) is 21.2 Å². The Labute approximate surface area is 108 Å². The second-order valence-electron chi connectivity index (χ2n) is 5.61. The highest BCUT2D eigenvalue weighted by Crippen LogP contribution is 2.23. The Balaban J connectivity index is 2.43. The fourth-order valence-corrected chi connectivity index (χ4v) is 4.51. The zero-order valence-corrected chi connectivity index (χ0v) is 13.0. The summed E-state index contributed by atoms with van der Waals surface area (Å²) in [6, 6.07) is 6.81. The molecule has 0 bridgehead atoms. The molecule has 0 unspecified atom stereocenters. The Bertz CT molecular complexity index is 378. The lowest BCUT2D eigenvalue weighted by molar-refractivity contribution is 0.949. The number of benzene rings is 1. The van der Waals surface area contributed by atoms with Crippen LogP contribution in [0.4, 0.5) is 5.69 Å². The molecule has 1 aromatic carbocycles. The average Bonchev–Trinajstić information content (AvgIpc) is 2.69. The molecule has 16 heavy (non-hydrogen) atoms. The minimum atomic E-state index is -1.25. The highest BCUT2D eigenvalue weighted by atomic mass is 79.9. The average molecular weight is 298 g/mol. The maximum Gasteiger partial charge on any atom is 0.0803 e. The minimum absolute atomic E-state index is 1.22. The highest BCUT2D eigenvalue weighted by Gasteiger charge is 2.24. The largest absolute Gasteiger partial charge is 0.372 e. The SMILES string of the molecule is C[Si](C)(C)c1cc(Br)ccc1N1CCCC1.